The molecule has 0 radical (unpaired) electrons. The van der Waals surface area contributed by atoms with E-state index in [9.17, 15) is 0 Å². The average molecular weight is 712 g/mol. The van der Waals surface area contributed by atoms with E-state index in [1.165, 1.54) is 111 Å². The molecule has 0 fully saturated rings. The molecule has 0 aliphatic carbocycles. The summed E-state index contributed by atoms with van der Waals surface area (Å²) in [6.45, 7) is 20.3. The van der Waals surface area contributed by atoms with E-state index >= 15 is 0 Å². The number of aromatic nitrogens is 1. The third-order valence-electron chi connectivity index (χ3n) is 12.3. The van der Waals surface area contributed by atoms with Crippen LogP contribution in [0.15, 0.2) is 115 Å². The molecule has 7 aromatic carbocycles. The Bertz CT molecular complexity index is 2890. The molecule has 8 aromatic rings. The lowest BCUT2D eigenvalue weighted by Crippen LogP contribution is -2.58. The fraction of sp³-hybridized carbons (Fsp3) is 0.192. The van der Waals surface area contributed by atoms with Gasteiger partial charge in [-0.3, -0.25) is 0 Å². The third-order valence-corrected chi connectivity index (χ3v) is 12.3. The Hall–Kier alpha value is -5.80. The van der Waals surface area contributed by atoms with Gasteiger partial charge in [-0.2, -0.15) is 0 Å². The van der Waals surface area contributed by atoms with Gasteiger partial charge in [-0.05, 0) is 161 Å². The molecule has 10 rings (SSSR count). The number of rotatable bonds is 3. The lowest BCUT2D eigenvalue weighted by Gasteiger charge is -2.35. The van der Waals surface area contributed by atoms with E-state index in [0.29, 0.717) is 0 Å². The number of benzene rings is 7. The van der Waals surface area contributed by atoms with Gasteiger partial charge in [-0.1, -0.05) is 111 Å². The van der Waals surface area contributed by atoms with Gasteiger partial charge < -0.3 is 9.30 Å². The zero-order valence-corrected chi connectivity index (χ0v) is 33.4. The molecule has 0 atom stereocenters. The van der Waals surface area contributed by atoms with Gasteiger partial charge in [0.25, 0.3) is 6.71 Å². The second kappa shape index (κ2) is 11.9. The number of hydrogen-bond acceptors (Lipinski definition) is 1. The molecule has 0 N–H and O–H groups in total. The number of hydrogen-bond donors (Lipinski definition) is 0. The maximum atomic E-state index is 7.09. The van der Waals surface area contributed by atoms with Gasteiger partial charge in [-0.15, -0.1) is 0 Å². The Kier molecular flexibility index (Phi) is 7.27. The van der Waals surface area contributed by atoms with Crippen molar-refractivity contribution in [1.82, 2.24) is 4.57 Å². The van der Waals surface area contributed by atoms with Crippen LogP contribution in [0.25, 0.3) is 60.9 Å². The van der Waals surface area contributed by atoms with Crippen LogP contribution in [0.3, 0.4) is 0 Å². The van der Waals surface area contributed by atoms with E-state index in [1.807, 2.05) is 0 Å². The van der Waals surface area contributed by atoms with Crippen LogP contribution in [0.5, 0.6) is 11.5 Å². The maximum Gasteiger partial charge on any atom is 0.256 e. The molecular formula is C52H46BNO. The van der Waals surface area contributed by atoms with Crippen LogP contribution in [0.4, 0.5) is 0 Å². The van der Waals surface area contributed by atoms with Crippen LogP contribution in [-0.4, -0.2) is 11.3 Å². The van der Waals surface area contributed by atoms with Crippen molar-refractivity contribution >= 4 is 44.9 Å². The van der Waals surface area contributed by atoms with Gasteiger partial charge in [0, 0.05) is 22.0 Å². The van der Waals surface area contributed by atoms with E-state index in [1.54, 1.807) is 0 Å². The summed E-state index contributed by atoms with van der Waals surface area (Å²) >= 11 is 0. The van der Waals surface area contributed by atoms with Crippen LogP contribution >= 0.6 is 0 Å². The number of aryl methyl sites for hydroxylation is 6. The van der Waals surface area contributed by atoms with Gasteiger partial charge in [0.2, 0.25) is 0 Å². The van der Waals surface area contributed by atoms with E-state index in [2.05, 4.69) is 182 Å². The highest BCUT2D eigenvalue weighted by Gasteiger charge is 2.41. The molecule has 2 aliphatic heterocycles. The molecule has 0 bridgehead atoms. The van der Waals surface area contributed by atoms with E-state index in [0.717, 1.165) is 17.1 Å². The van der Waals surface area contributed by atoms with Gasteiger partial charge in [-0.25, -0.2) is 0 Å². The minimum atomic E-state index is -0.00571. The van der Waals surface area contributed by atoms with Crippen molar-refractivity contribution in [2.45, 2.75) is 67.7 Å². The summed E-state index contributed by atoms with van der Waals surface area (Å²) in [6, 6.07) is 43.9. The molecule has 0 amide bonds. The second-order valence-corrected chi connectivity index (χ2v) is 17.4. The minimum absolute atomic E-state index is 0.00571. The standard InChI is InChI=1S/C52H46BNO/c1-29-19-31(3)48(32(4)20-29)36-15-18-44-40(23-36)41-24-38(49-33(5)21-30(2)22-34(49)6)25-43-51(41)54(44)45-26-37(35-13-11-10-12-14-35)27-47-50(45)53(43)42-17-16-39(52(7,8)9)28-46(42)55-47/h10-28H,1-9H3. The van der Waals surface area contributed by atoms with Crippen LogP contribution in [0.1, 0.15) is 59.7 Å². The summed E-state index contributed by atoms with van der Waals surface area (Å²) in [5, 5.41) is 2.57. The van der Waals surface area contributed by atoms with Gasteiger partial charge >= 0.3 is 0 Å². The van der Waals surface area contributed by atoms with Crippen molar-refractivity contribution in [2.75, 3.05) is 0 Å². The highest BCUT2D eigenvalue weighted by molar-refractivity contribution is 6.99. The summed E-state index contributed by atoms with van der Waals surface area (Å²) in [7, 11) is 0. The van der Waals surface area contributed by atoms with E-state index < -0.39 is 0 Å². The fourth-order valence-electron chi connectivity index (χ4n) is 10.1. The van der Waals surface area contributed by atoms with Crippen molar-refractivity contribution in [3.05, 3.63) is 154 Å². The quantitative estimate of drug-likeness (QED) is 0.166. The van der Waals surface area contributed by atoms with Gasteiger partial charge in [0.1, 0.15) is 11.5 Å². The fourth-order valence-corrected chi connectivity index (χ4v) is 10.1. The lowest BCUT2D eigenvalue weighted by atomic mass is 9.34. The first-order valence-corrected chi connectivity index (χ1v) is 19.7. The Labute approximate surface area is 325 Å². The molecule has 2 nitrogen and oxygen atoms in total. The van der Waals surface area contributed by atoms with Gasteiger partial charge in [0.15, 0.2) is 0 Å². The number of nitrogens with zero attached hydrogens (tertiary/aromatic N) is 1. The third kappa shape index (κ3) is 5.09. The van der Waals surface area contributed by atoms with E-state index in [4.69, 9.17) is 4.74 Å². The molecule has 2 aliphatic rings. The molecule has 268 valence electrons. The Morgan fingerprint density at radius 2 is 1.15 bits per heavy atom. The van der Waals surface area contributed by atoms with Crippen LogP contribution < -0.4 is 21.1 Å². The highest BCUT2D eigenvalue weighted by atomic mass is 16.5. The van der Waals surface area contributed by atoms with Crippen molar-refractivity contribution < 1.29 is 4.74 Å². The smallest absolute Gasteiger partial charge is 0.256 e. The van der Waals surface area contributed by atoms with Crippen molar-refractivity contribution in [1.29, 1.82) is 0 Å². The topological polar surface area (TPSA) is 14.2 Å². The summed E-state index contributed by atoms with van der Waals surface area (Å²) in [4.78, 5) is 0. The molecule has 0 saturated carbocycles. The SMILES string of the molecule is Cc1cc(C)c(-c2ccc3c(c2)c2cc(-c4c(C)cc(C)cc4C)cc4c2n3-c2cc(-c3ccccc3)cc3c2B4c2ccc(C(C)(C)C)cc2O3)c(C)c1. The summed E-state index contributed by atoms with van der Waals surface area (Å²) in [5.41, 5.74) is 24.2. The first-order valence-electron chi connectivity index (χ1n) is 19.7. The molecule has 1 aromatic heterocycles. The van der Waals surface area contributed by atoms with E-state index in [-0.39, 0.29) is 12.1 Å². The second-order valence-electron chi connectivity index (χ2n) is 17.4. The number of ether oxygens (including phenoxy) is 1. The van der Waals surface area contributed by atoms with Crippen LogP contribution in [-0.2, 0) is 5.41 Å². The maximum absolute atomic E-state index is 7.09. The van der Waals surface area contributed by atoms with Crippen LogP contribution in [0, 0.1) is 41.5 Å². The molecule has 3 heteroatoms. The zero-order valence-electron chi connectivity index (χ0n) is 33.4. The lowest BCUT2D eigenvalue weighted by molar-refractivity contribution is 0.483. The van der Waals surface area contributed by atoms with Gasteiger partial charge in [0.05, 0.1) is 5.52 Å². The number of fused-ring (bicyclic) bond motifs is 7. The van der Waals surface area contributed by atoms with Crippen molar-refractivity contribution in [3.8, 4) is 50.6 Å². The molecule has 0 saturated heterocycles. The zero-order chi connectivity index (χ0) is 38.1. The van der Waals surface area contributed by atoms with Crippen molar-refractivity contribution in [3.63, 3.8) is 0 Å². The average Bonchev–Trinajstić information content (AvgIpc) is 3.46. The first kappa shape index (κ1) is 33.7. The predicted molar refractivity (Wildman–Crippen MR) is 235 cm³/mol. The Balaban J connectivity index is 1.36. The van der Waals surface area contributed by atoms with Crippen molar-refractivity contribution in [2.24, 2.45) is 0 Å². The normalized spacial score (nSPS) is 12.9. The highest BCUT2D eigenvalue weighted by Crippen LogP contribution is 2.43. The molecular weight excluding hydrogens is 665 g/mol. The molecule has 55 heavy (non-hydrogen) atoms. The molecule has 0 unspecified atom stereocenters. The largest absolute Gasteiger partial charge is 0.458 e. The minimum Gasteiger partial charge on any atom is -0.458 e. The monoisotopic (exact) mass is 711 g/mol. The Morgan fingerprint density at radius 1 is 0.509 bits per heavy atom. The summed E-state index contributed by atoms with van der Waals surface area (Å²) < 4.78 is 9.64. The molecule has 3 heterocycles. The summed E-state index contributed by atoms with van der Waals surface area (Å²) in [6.07, 6.45) is 0. The predicted octanol–water partition coefficient (Wildman–Crippen LogP) is 11.9. The Morgan fingerprint density at radius 3 is 1.80 bits per heavy atom. The first-order chi connectivity index (χ1) is 26.4. The molecule has 0 spiro atoms. The van der Waals surface area contributed by atoms with Crippen LogP contribution in [0.2, 0.25) is 0 Å². The summed E-state index contributed by atoms with van der Waals surface area (Å²) in [5.74, 6) is 1.90.